The van der Waals surface area contributed by atoms with Gasteiger partial charge in [-0.15, -0.1) is 0 Å². The summed E-state index contributed by atoms with van der Waals surface area (Å²) in [5.74, 6) is -0.718. The Morgan fingerprint density at radius 2 is 2.25 bits per heavy atom. The first-order valence-corrected chi connectivity index (χ1v) is 7.30. The molecule has 20 heavy (non-hydrogen) atoms. The first-order chi connectivity index (χ1) is 9.56. The van der Waals surface area contributed by atoms with Crippen molar-refractivity contribution >= 4 is 29.4 Å². The number of rotatable bonds is 4. The molecule has 3 N–H and O–H groups in total. The summed E-state index contributed by atoms with van der Waals surface area (Å²) in [5.41, 5.74) is -0.189. The van der Waals surface area contributed by atoms with Gasteiger partial charge in [0.05, 0.1) is 11.3 Å². The second kappa shape index (κ2) is 6.60. The number of benzene rings is 1. The van der Waals surface area contributed by atoms with Gasteiger partial charge in [-0.1, -0.05) is 0 Å². The van der Waals surface area contributed by atoms with Gasteiger partial charge in [0.2, 0.25) is 0 Å². The summed E-state index contributed by atoms with van der Waals surface area (Å²) in [5, 5.41) is 14.4. The predicted octanol–water partition coefficient (Wildman–Crippen LogP) is 2.54. The third-order valence-electron chi connectivity index (χ3n) is 2.97. The quantitative estimate of drug-likeness (QED) is 0.798. The number of carbonyl (C=O) groups excluding carboxylic acids is 1. The maximum atomic E-state index is 13.1. The summed E-state index contributed by atoms with van der Waals surface area (Å²) < 4.78 is 13.1. The van der Waals surface area contributed by atoms with Gasteiger partial charge in [-0.25, -0.2) is 14.0 Å². The van der Waals surface area contributed by atoms with Crippen LogP contribution >= 0.6 is 11.8 Å². The highest BCUT2D eigenvalue weighted by Crippen LogP contribution is 2.25. The molecule has 1 unspecified atom stereocenters. The lowest BCUT2D eigenvalue weighted by Gasteiger charge is -2.12. The van der Waals surface area contributed by atoms with Gasteiger partial charge in [-0.2, -0.15) is 11.8 Å². The van der Waals surface area contributed by atoms with Crippen molar-refractivity contribution in [3.05, 3.63) is 29.6 Å². The molecule has 108 valence electrons. The van der Waals surface area contributed by atoms with Gasteiger partial charge in [-0.3, -0.25) is 0 Å². The molecule has 0 saturated carbocycles. The summed E-state index contributed by atoms with van der Waals surface area (Å²) in [6.07, 6.45) is 2.21. The van der Waals surface area contributed by atoms with E-state index < -0.39 is 17.8 Å². The zero-order valence-corrected chi connectivity index (χ0v) is 11.5. The molecule has 1 heterocycles. The number of amides is 2. The van der Waals surface area contributed by atoms with Gasteiger partial charge < -0.3 is 15.7 Å². The number of carboxylic acids is 1. The van der Waals surface area contributed by atoms with Crippen LogP contribution in [0.3, 0.4) is 0 Å². The number of nitrogens with one attached hydrogen (secondary N) is 2. The van der Waals surface area contributed by atoms with Crippen molar-refractivity contribution < 1.29 is 19.1 Å². The topological polar surface area (TPSA) is 78.4 Å². The Morgan fingerprint density at radius 1 is 1.45 bits per heavy atom. The van der Waals surface area contributed by atoms with E-state index in [9.17, 15) is 14.0 Å². The van der Waals surface area contributed by atoms with E-state index in [0.717, 1.165) is 36.8 Å². The molecule has 1 aliphatic heterocycles. The smallest absolute Gasteiger partial charge is 0.337 e. The Kier molecular flexibility index (Phi) is 4.84. The first-order valence-electron chi connectivity index (χ1n) is 6.25. The normalized spacial score (nSPS) is 17.8. The lowest BCUT2D eigenvalue weighted by Crippen LogP contribution is -2.33. The van der Waals surface area contributed by atoms with E-state index in [-0.39, 0.29) is 11.3 Å². The molecule has 1 aromatic carbocycles. The number of carbonyl (C=O) groups is 2. The van der Waals surface area contributed by atoms with Crippen LogP contribution in [0.25, 0.3) is 0 Å². The number of aromatic carboxylic acids is 1. The second-order valence-corrected chi connectivity index (χ2v) is 5.87. The fourth-order valence-electron chi connectivity index (χ4n) is 1.98. The summed E-state index contributed by atoms with van der Waals surface area (Å²) >= 11 is 1.80. The Bertz CT molecular complexity index is 518. The average Bonchev–Trinajstić information content (AvgIpc) is 2.89. The van der Waals surface area contributed by atoms with Gasteiger partial charge >= 0.3 is 12.0 Å². The van der Waals surface area contributed by atoms with Crippen molar-refractivity contribution in [1.29, 1.82) is 0 Å². The molecule has 1 fully saturated rings. The molecule has 0 spiro atoms. The van der Waals surface area contributed by atoms with Crippen LogP contribution in [0.2, 0.25) is 0 Å². The largest absolute Gasteiger partial charge is 0.478 e. The van der Waals surface area contributed by atoms with E-state index in [4.69, 9.17) is 5.11 Å². The number of hydrogen-bond acceptors (Lipinski definition) is 3. The van der Waals surface area contributed by atoms with Gasteiger partial charge in [0.15, 0.2) is 0 Å². The maximum Gasteiger partial charge on any atom is 0.337 e. The van der Waals surface area contributed by atoms with E-state index in [1.165, 1.54) is 0 Å². The molecule has 2 rings (SSSR count). The van der Waals surface area contributed by atoms with E-state index in [0.29, 0.717) is 11.8 Å². The molecule has 1 aromatic rings. The molecule has 0 radical (unpaired) electrons. The van der Waals surface area contributed by atoms with Gasteiger partial charge in [0, 0.05) is 11.8 Å². The van der Waals surface area contributed by atoms with Crippen LogP contribution in [0.1, 0.15) is 23.2 Å². The zero-order valence-electron chi connectivity index (χ0n) is 10.7. The molecule has 5 nitrogen and oxygen atoms in total. The van der Waals surface area contributed by atoms with Gasteiger partial charge in [-0.05, 0) is 36.8 Å². The molecule has 0 aliphatic carbocycles. The van der Waals surface area contributed by atoms with Crippen LogP contribution in [-0.4, -0.2) is 34.7 Å². The Balaban J connectivity index is 1.96. The third-order valence-corrected chi connectivity index (χ3v) is 4.37. The lowest BCUT2D eigenvalue weighted by molar-refractivity contribution is 0.0698. The molecule has 0 bridgehead atoms. The van der Waals surface area contributed by atoms with Gasteiger partial charge in [0.25, 0.3) is 0 Å². The minimum atomic E-state index is -1.22. The highest BCUT2D eigenvalue weighted by molar-refractivity contribution is 8.00. The number of anilines is 1. The van der Waals surface area contributed by atoms with Crippen LogP contribution in [-0.2, 0) is 0 Å². The van der Waals surface area contributed by atoms with Crippen molar-refractivity contribution in [1.82, 2.24) is 5.32 Å². The summed E-state index contributed by atoms with van der Waals surface area (Å²) in [6.45, 7) is 0.522. The van der Waals surface area contributed by atoms with Gasteiger partial charge in [0.1, 0.15) is 5.82 Å². The molecule has 2 amide bonds. The van der Waals surface area contributed by atoms with Crippen molar-refractivity contribution in [2.75, 3.05) is 17.6 Å². The summed E-state index contributed by atoms with van der Waals surface area (Å²) in [7, 11) is 0. The van der Waals surface area contributed by atoms with Crippen LogP contribution in [0, 0.1) is 5.82 Å². The van der Waals surface area contributed by atoms with Crippen LogP contribution in [0.4, 0.5) is 14.9 Å². The van der Waals surface area contributed by atoms with Crippen molar-refractivity contribution in [2.45, 2.75) is 18.1 Å². The van der Waals surface area contributed by atoms with E-state index in [2.05, 4.69) is 10.6 Å². The minimum absolute atomic E-state index is 0.0472. The highest BCUT2D eigenvalue weighted by Gasteiger charge is 2.17. The second-order valence-electron chi connectivity index (χ2n) is 4.47. The predicted molar refractivity (Wildman–Crippen MR) is 75.9 cm³/mol. The molecule has 7 heteroatoms. The van der Waals surface area contributed by atoms with E-state index in [1.54, 1.807) is 11.8 Å². The molecule has 1 atom stereocenters. The highest BCUT2D eigenvalue weighted by atomic mass is 32.2. The fourth-order valence-corrected chi connectivity index (χ4v) is 3.19. The Hall–Kier alpha value is -1.76. The Morgan fingerprint density at radius 3 is 2.90 bits per heavy atom. The molecule has 1 saturated heterocycles. The summed E-state index contributed by atoms with van der Waals surface area (Å²) in [6, 6.07) is 2.64. The van der Waals surface area contributed by atoms with E-state index >= 15 is 0 Å². The number of thioether (sulfide) groups is 1. The third kappa shape index (κ3) is 3.86. The lowest BCUT2D eigenvalue weighted by atomic mass is 10.2. The molecule has 0 aromatic heterocycles. The molecular weight excluding hydrogens is 283 g/mol. The van der Waals surface area contributed by atoms with Crippen LogP contribution in [0.5, 0.6) is 0 Å². The summed E-state index contributed by atoms with van der Waals surface area (Å²) in [4.78, 5) is 22.7. The number of carboxylic acid groups (broad SMARTS) is 1. The minimum Gasteiger partial charge on any atom is -0.478 e. The number of halogens is 1. The monoisotopic (exact) mass is 298 g/mol. The van der Waals surface area contributed by atoms with Crippen molar-refractivity contribution in [3.8, 4) is 0 Å². The number of urea groups is 1. The van der Waals surface area contributed by atoms with Crippen molar-refractivity contribution in [3.63, 3.8) is 0 Å². The average molecular weight is 298 g/mol. The molecular formula is C13H15FN2O3S. The SMILES string of the molecule is O=C(NCC1CCCS1)Nc1cc(F)ccc1C(=O)O. The maximum absolute atomic E-state index is 13.1. The standard InChI is InChI=1S/C13H15FN2O3S/c14-8-3-4-10(12(17)18)11(6-8)16-13(19)15-7-9-2-1-5-20-9/h3-4,6,9H,1-2,5,7H2,(H,17,18)(H2,15,16,19). The fraction of sp³-hybridized carbons (Fsp3) is 0.385. The Labute approximate surface area is 119 Å². The number of hydrogen-bond donors (Lipinski definition) is 3. The molecule has 1 aliphatic rings. The van der Waals surface area contributed by atoms with Crippen LogP contribution in [0.15, 0.2) is 18.2 Å². The van der Waals surface area contributed by atoms with E-state index in [1.807, 2.05) is 0 Å². The van der Waals surface area contributed by atoms with Crippen LogP contribution < -0.4 is 10.6 Å². The van der Waals surface area contributed by atoms with Crippen molar-refractivity contribution in [2.24, 2.45) is 0 Å². The first kappa shape index (κ1) is 14.6. The zero-order chi connectivity index (χ0) is 14.5.